The van der Waals surface area contributed by atoms with Gasteiger partial charge in [-0.1, -0.05) is 16.8 Å². The minimum Gasteiger partial charge on any atom is -0.383 e. The van der Waals surface area contributed by atoms with Gasteiger partial charge in [0.2, 0.25) is 0 Å². The summed E-state index contributed by atoms with van der Waals surface area (Å²) >= 11 is 8.13. The van der Waals surface area contributed by atoms with Gasteiger partial charge in [-0.25, -0.2) is 0 Å². The van der Waals surface area contributed by atoms with Crippen molar-refractivity contribution in [2.75, 3.05) is 13.7 Å². The van der Waals surface area contributed by atoms with Crippen molar-refractivity contribution in [1.82, 2.24) is 10.1 Å². The Morgan fingerprint density at radius 3 is 3.06 bits per heavy atom. The standard InChI is InChI=1S/C11H11ClIN3O2/c1-17-5-9(14)10-15-11(18-16-10)7-4-6(12)2-3-8(7)13/h2-4,9H,5,14H2,1H3. The van der Waals surface area contributed by atoms with E-state index >= 15 is 0 Å². The highest BCUT2D eigenvalue weighted by Crippen LogP contribution is 2.27. The molecule has 0 spiro atoms. The van der Waals surface area contributed by atoms with Crippen molar-refractivity contribution < 1.29 is 9.26 Å². The summed E-state index contributed by atoms with van der Waals surface area (Å²) in [5, 5.41) is 4.46. The van der Waals surface area contributed by atoms with Crippen LogP contribution in [-0.4, -0.2) is 23.9 Å². The second-order valence-corrected chi connectivity index (χ2v) is 5.24. The number of benzene rings is 1. The van der Waals surface area contributed by atoms with Crippen LogP contribution in [0.25, 0.3) is 11.5 Å². The van der Waals surface area contributed by atoms with Gasteiger partial charge < -0.3 is 15.0 Å². The molecule has 0 radical (unpaired) electrons. The van der Waals surface area contributed by atoms with E-state index in [1.807, 2.05) is 6.07 Å². The number of hydrogen-bond donors (Lipinski definition) is 1. The molecule has 2 aromatic rings. The fourth-order valence-corrected chi connectivity index (χ4v) is 2.15. The first-order chi connectivity index (χ1) is 8.61. The van der Waals surface area contributed by atoms with Gasteiger partial charge in [-0.2, -0.15) is 4.98 Å². The Morgan fingerprint density at radius 2 is 2.33 bits per heavy atom. The van der Waals surface area contributed by atoms with Gasteiger partial charge in [0.05, 0.1) is 18.2 Å². The zero-order valence-electron chi connectivity index (χ0n) is 9.56. The molecule has 0 amide bonds. The summed E-state index contributed by atoms with van der Waals surface area (Å²) in [5.41, 5.74) is 6.62. The monoisotopic (exact) mass is 379 g/mol. The van der Waals surface area contributed by atoms with E-state index in [0.717, 1.165) is 9.13 Å². The van der Waals surface area contributed by atoms with Gasteiger partial charge in [0, 0.05) is 15.7 Å². The zero-order chi connectivity index (χ0) is 13.1. The van der Waals surface area contributed by atoms with E-state index in [1.54, 1.807) is 19.2 Å². The van der Waals surface area contributed by atoms with Crippen LogP contribution in [0.4, 0.5) is 0 Å². The molecule has 2 rings (SSSR count). The van der Waals surface area contributed by atoms with Gasteiger partial charge in [-0.15, -0.1) is 0 Å². The minimum atomic E-state index is -0.399. The molecule has 0 saturated heterocycles. The summed E-state index contributed by atoms with van der Waals surface area (Å²) in [6.07, 6.45) is 0. The second kappa shape index (κ2) is 5.96. The third-order valence-electron chi connectivity index (χ3n) is 2.28. The van der Waals surface area contributed by atoms with E-state index in [1.165, 1.54) is 0 Å². The predicted molar refractivity (Wildman–Crippen MR) is 76.3 cm³/mol. The van der Waals surface area contributed by atoms with E-state index in [-0.39, 0.29) is 0 Å². The number of nitrogens with two attached hydrogens (primary N) is 1. The summed E-state index contributed by atoms with van der Waals surface area (Å²) in [4.78, 5) is 4.25. The number of halogens is 2. The van der Waals surface area contributed by atoms with Crippen molar-refractivity contribution in [3.8, 4) is 11.5 Å². The van der Waals surface area contributed by atoms with Gasteiger partial charge in [0.1, 0.15) is 0 Å². The molecule has 0 fully saturated rings. The molecule has 1 aromatic carbocycles. The number of aromatic nitrogens is 2. The van der Waals surface area contributed by atoms with Gasteiger partial charge in [-0.3, -0.25) is 0 Å². The van der Waals surface area contributed by atoms with Crippen LogP contribution in [0.1, 0.15) is 11.9 Å². The number of hydrogen-bond acceptors (Lipinski definition) is 5. The average molecular weight is 380 g/mol. The highest BCUT2D eigenvalue weighted by Gasteiger charge is 2.16. The molecular formula is C11H11ClIN3O2. The molecule has 18 heavy (non-hydrogen) atoms. The number of rotatable bonds is 4. The highest BCUT2D eigenvalue weighted by atomic mass is 127. The smallest absolute Gasteiger partial charge is 0.259 e. The van der Waals surface area contributed by atoms with E-state index in [0.29, 0.717) is 23.3 Å². The predicted octanol–water partition coefficient (Wildman–Crippen LogP) is 2.64. The molecular weight excluding hydrogens is 368 g/mol. The van der Waals surface area contributed by atoms with E-state index < -0.39 is 6.04 Å². The van der Waals surface area contributed by atoms with Crippen LogP contribution in [-0.2, 0) is 4.74 Å². The molecule has 96 valence electrons. The first-order valence-electron chi connectivity index (χ1n) is 5.15. The van der Waals surface area contributed by atoms with Crippen molar-refractivity contribution in [2.24, 2.45) is 5.73 Å². The van der Waals surface area contributed by atoms with Crippen LogP contribution < -0.4 is 5.73 Å². The molecule has 0 aliphatic rings. The average Bonchev–Trinajstić information content (AvgIpc) is 2.82. The van der Waals surface area contributed by atoms with Crippen LogP contribution in [0, 0.1) is 3.57 Å². The molecule has 0 bridgehead atoms. The molecule has 0 aliphatic carbocycles. The molecule has 7 heteroatoms. The van der Waals surface area contributed by atoms with Crippen molar-refractivity contribution in [3.63, 3.8) is 0 Å². The molecule has 1 aromatic heterocycles. The van der Waals surface area contributed by atoms with Crippen molar-refractivity contribution >= 4 is 34.2 Å². The molecule has 1 heterocycles. The van der Waals surface area contributed by atoms with Crippen LogP contribution >= 0.6 is 34.2 Å². The number of methoxy groups -OCH3 is 1. The third-order valence-corrected chi connectivity index (χ3v) is 3.45. The molecule has 0 saturated carbocycles. The lowest BCUT2D eigenvalue weighted by atomic mass is 10.2. The summed E-state index contributed by atoms with van der Waals surface area (Å²) in [6, 6.07) is 5.07. The minimum absolute atomic E-state index is 0.339. The number of nitrogens with zero attached hydrogens (tertiary/aromatic N) is 2. The third kappa shape index (κ3) is 3.00. The maximum atomic E-state index is 5.95. The molecule has 1 unspecified atom stereocenters. The SMILES string of the molecule is COCC(N)c1noc(-c2cc(Cl)ccc2I)n1. The summed E-state index contributed by atoms with van der Waals surface area (Å²) in [5.74, 6) is 0.825. The zero-order valence-corrected chi connectivity index (χ0v) is 12.5. The lowest BCUT2D eigenvalue weighted by Crippen LogP contribution is -2.17. The van der Waals surface area contributed by atoms with Crippen molar-refractivity contribution in [3.05, 3.63) is 32.6 Å². The Morgan fingerprint density at radius 1 is 1.56 bits per heavy atom. The normalized spacial score (nSPS) is 12.7. The Bertz CT molecular complexity index is 547. The lowest BCUT2D eigenvalue weighted by Gasteiger charge is -2.03. The first-order valence-corrected chi connectivity index (χ1v) is 6.61. The Kier molecular flexibility index (Phi) is 4.55. The highest BCUT2D eigenvalue weighted by molar-refractivity contribution is 14.1. The van der Waals surface area contributed by atoms with Gasteiger partial charge in [0.25, 0.3) is 5.89 Å². The summed E-state index contributed by atoms with van der Waals surface area (Å²) in [6.45, 7) is 0.339. The van der Waals surface area contributed by atoms with Crippen LogP contribution in [0.2, 0.25) is 5.02 Å². The van der Waals surface area contributed by atoms with Crippen LogP contribution in [0.5, 0.6) is 0 Å². The quantitative estimate of drug-likeness (QED) is 0.827. The van der Waals surface area contributed by atoms with E-state index in [2.05, 4.69) is 32.7 Å². The first kappa shape index (κ1) is 13.7. The fraction of sp³-hybridized carbons (Fsp3) is 0.273. The molecule has 2 N–H and O–H groups in total. The van der Waals surface area contributed by atoms with Gasteiger partial charge >= 0.3 is 0 Å². The maximum Gasteiger partial charge on any atom is 0.259 e. The fourth-order valence-electron chi connectivity index (χ4n) is 1.41. The van der Waals surface area contributed by atoms with Crippen LogP contribution in [0.3, 0.4) is 0 Å². The van der Waals surface area contributed by atoms with E-state index in [4.69, 9.17) is 26.6 Å². The molecule has 5 nitrogen and oxygen atoms in total. The topological polar surface area (TPSA) is 74.2 Å². The Balaban J connectivity index is 2.32. The molecule has 1 atom stereocenters. The largest absolute Gasteiger partial charge is 0.383 e. The van der Waals surface area contributed by atoms with Crippen LogP contribution in [0.15, 0.2) is 22.7 Å². The lowest BCUT2D eigenvalue weighted by molar-refractivity contribution is 0.177. The maximum absolute atomic E-state index is 5.95. The Labute approximate surface area is 123 Å². The molecule has 0 aliphatic heterocycles. The second-order valence-electron chi connectivity index (χ2n) is 3.64. The van der Waals surface area contributed by atoms with E-state index in [9.17, 15) is 0 Å². The summed E-state index contributed by atoms with van der Waals surface area (Å²) < 4.78 is 11.1. The Hall–Kier alpha value is -0.700. The van der Waals surface area contributed by atoms with Gasteiger partial charge in [-0.05, 0) is 40.8 Å². The van der Waals surface area contributed by atoms with Crippen molar-refractivity contribution in [2.45, 2.75) is 6.04 Å². The van der Waals surface area contributed by atoms with Crippen molar-refractivity contribution in [1.29, 1.82) is 0 Å². The summed E-state index contributed by atoms with van der Waals surface area (Å²) in [7, 11) is 1.57. The van der Waals surface area contributed by atoms with Gasteiger partial charge in [0.15, 0.2) is 5.82 Å². The number of ether oxygens (including phenoxy) is 1.